The van der Waals surface area contributed by atoms with Crippen LogP contribution in [0.15, 0.2) is 30.3 Å². The van der Waals surface area contributed by atoms with Gasteiger partial charge in [-0.25, -0.2) is 0 Å². The molecule has 132 valence electrons. The van der Waals surface area contributed by atoms with E-state index in [2.05, 4.69) is 13.8 Å². The molecule has 0 aliphatic heterocycles. The molecule has 0 saturated heterocycles. The third kappa shape index (κ3) is 11.4. The summed E-state index contributed by atoms with van der Waals surface area (Å²) in [6.45, 7) is 5.99. The van der Waals surface area contributed by atoms with Crippen LogP contribution in [-0.4, -0.2) is 22.3 Å². The Bertz CT molecular complexity index is 344. The van der Waals surface area contributed by atoms with Crippen LogP contribution < -0.4 is 4.74 Å². The average molecular weight is 337 g/mol. The molecule has 1 aromatic rings. The zero-order valence-electron chi connectivity index (χ0n) is 15.3. The average Bonchev–Trinajstić information content (AvgIpc) is 2.59. The van der Waals surface area contributed by atoms with Crippen molar-refractivity contribution < 1.29 is 9.16 Å². The van der Waals surface area contributed by atoms with Crippen molar-refractivity contribution in [1.29, 1.82) is 0 Å². The SMILES string of the molecule is CCCCCC[SiH](CCCCCC)OCCOc1ccccc1. The quantitative estimate of drug-likeness (QED) is 0.290. The third-order valence-electron chi connectivity index (χ3n) is 4.21. The van der Waals surface area contributed by atoms with Gasteiger partial charge in [0.25, 0.3) is 0 Å². The summed E-state index contributed by atoms with van der Waals surface area (Å²) >= 11 is 0. The molecule has 23 heavy (non-hydrogen) atoms. The van der Waals surface area contributed by atoms with Gasteiger partial charge in [0.05, 0.1) is 6.61 Å². The third-order valence-corrected chi connectivity index (χ3v) is 7.02. The maximum atomic E-state index is 6.24. The summed E-state index contributed by atoms with van der Waals surface area (Å²) in [6.07, 6.45) is 10.8. The first kappa shape index (κ1) is 20.2. The lowest BCUT2D eigenvalue weighted by Gasteiger charge is -2.17. The number of rotatable bonds is 15. The predicted molar refractivity (Wildman–Crippen MR) is 103 cm³/mol. The molecule has 0 radical (unpaired) electrons. The van der Waals surface area contributed by atoms with Crippen molar-refractivity contribution in [2.45, 2.75) is 77.3 Å². The van der Waals surface area contributed by atoms with E-state index >= 15 is 0 Å². The second kappa shape index (κ2) is 14.8. The van der Waals surface area contributed by atoms with Gasteiger partial charge in [-0.3, -0.25) is 0 Å². The van der Waals surface area contributed by atoms with Gasteiger partial charge in [-0.1, -0.05) is 83.4 Å². The van der Waals surface area contributed by atoms with Gasteiger partial charge in [-0.15, -0.1) is 0 Å². The van der Waals surface area contributed by atoms with E-state index in [0.29, 0.717) is 6.61 Å². The maximum Gasteiger partial charge on any atom is 0.177 e. The Morgan fingerprint density at radius 1 is 0.739 bits per heavy atom. The number of unbranched alkanes of at least 4 members (excludes halogenated alkanes) is 6. The normalized spacial score (nSPS) is 11.1. The summed E-state index contributed by atoms with van der Waals surface area (Å²) in [6, 6.07) is 12.7. The number of benzene rings is 1. The molecular weight excluding hydrogens is 300 g/mol. The van der Waals surface area contributed by atoms with E-state index in [1.807, 2.05) is 30.3 Å². The predicted octanol–water partition coefficient (Wildman–Crippen LogP) is 5.97. The number of ether oxygens (including phenoxy) is 1. The molecule has 0 heterocycles. The van der Waals surface area contributed by atoms with Gasteiger partial charge in [0.1, 0.15) is 12.4 Å². The smallest absolute Gasteiger partial charge is 0.177 e. The van der Waals surface area contributed by atoms with E-state index in [9.17, 15) is 0 Å². The van der Waals surface area contributed by atoms with Crippen LogP contribution >= 0.6 is 0 Å². The van der Waals surface area contributed by atoms with Gasteiger partial charge >= 0.3 is 0 Å². The summed E-state index contributed by atoms with van der Waals surface area (Å²) in [5, 5.41) is 0. The van der Waals surface area contributed by atoms with Gasteiger partial charge in [0.15, 0.2) is 9.04 Å². The van der Waals surface area contributed by atoms with Crippen molar-refractivity contribution in [2.24, 2.45) is 0 Å². The van der Waals surface area contributed by atoms with Gasteiger partial charge in [0.2, 0.25) is 0 Å². The van der Waals surface area contributed by atoms with E-state index in [1.54, 1.807) is 0 Å². The highest BCUT2D eigenvalue weighted by Gasteiger charge is 2.11. The fourth-order valence-electron chi connectivity index (χ4n) is 2.80. The van der Waals surface area contributed by atoms with E-state index in [-0.39, 0.29) is 0 Å². The van der Waals surface area contributed by atoms with Crippen molar-refractivity contribution in [2.75, 3.05) is 13.2 Å². The Balaban J connectivity index is 2.18. The molecule has 0 saturated carbocycles. The van der Waals surface area contributed by atoms with Gasteiger partial charge in [-0.2, -0.15) is 0 Å². The standard InChI is InChI=1S/C20H36O2Si/c1-3-5-7-12-18-23(19-13-8-6-4-2)22-17-16-21-20-14-10-9-11-15-20/h9-11,14-15,23H,3-8,12-13,16-19H2,1-2H3. The molecule has 2 nitrogen and oxygen atoms in total. The minimum Gasteiger partial charge on any atom is -0.491 e. The Morgan fingerprint density at radius 2 is 1.35 bits per heavy atom. The van der Waals surface area contributed by atoms with Crippen LogP contribution in [0.5, 0.6) is 5.75 Å². The van der Waals surface area contributed by atoms with Crippen LogP contribution in [0.1, 0.15) is 65.2 Å². The molecule has 1 aromatic carbocycles. The first-order chi connectivity index (χ1) is 11.4. The Labute approximate surface area is 145 Å². The van der Waals surface area contributed by atoms with Crippen molar-refractivity contribution >= 4 is 9.04 Å². The molecule has 3 heteroatoms. The van der Waals surface area contributed by atoms with Gasteiger partial charge < -0.3 is 9.16 Å². The van der Waals surface area contributed by atoms with Crippen LogP contribution in [0.4, 0.5) is 0 Å². The summed E-state index contributed by atoms with van der Waals surface area (Å²) in [4.78, 5) is 0. The van der Waals surface area contributed by atoms with Crippen LogP contribution in [0, 0.1) is 0 Å². The molecule has 0 amide bonds. The molecule has 1 rings (SSSR count). The first-order valence-electron chi connectivity index (χ1n) is 9.66. The summed E-state index contributed by atoms with van der Waals surface area (Å²) < 4.78 is 12.0. The lowest BCUT2D eigenvalue weighted by Crippen LogP contribution is -2.21. The molecular formula is C20H36O2Si. The fraction of sp³-hybridized carbons (Fsp3) is 0.700. The van der Waals surface area contributed by atoms with E-state index < -0.39 is 9.04 Å². The molecule has 0 aliphatic carbocycles. The molecule has 0 aromatic heterocycles. The molecule has 0 aliphatic rings. The van der Waals surface area contributed by atoms with Crippen LogP contribution in [0.2, 0.25) is 12.1 Å². The molecule has 0 bridgehead atoms. The highest BCUT2D eigenvalue weighted by Crippen LogP contribution is 2.15. The second-order valence-electron chi connectivity index (χ2n) is 6.35. The van der Waals surface area contributed by atoms with E-state index in [1.165, 1.54) is 63.5 Å². The molecule has 0 fully saturated rings. The molecule has 0 N–H and O–H groups in total. The Kier molecular flexibility index (Phi) is 13.0. The minimum atomic E-state index is -1.02. The first-order valence-corrected chi connectivity index (χ1v) is 11.8. The molecule has 0 atom stereocenters. The summed E-state index contributed by atoms with van der Waals surface area (Å²) in [7, 11) is -1.02. The maximum absolute atomic E-state index is 6.24. The highest BCUT2D eigenvalue weighted by molar-refractivity contribution is 6.51. The minimum absolute atomic E-state index is 0.678. The second-order valence-corrected chi connectivity index (χ2v) is 9.09. The fourth-order valence-corrected chi connectivity index (χ4v) is 5.34. The van der Waals surface area contributed by atoms with E-state index in [4.69, 9.17) is 9.16 Å². The largest absolute Gasteiger partial charge is 0.491 e. The van der Waals surface area contributed by atoms with Crippen LogP contribution in [-0.2, 0) is 4.43 Å². The Morgan fingerprint density at radius 3 is 1.91 bits per heavy atom. The number of hydrogen-bond acceptors (Lipinski definition) is 2. The number of hydrogen-bond donors (Lipinski definition) is 0. The zero-order chi connectivity index (χ0) is 16.6. The molecule has 0 unspecified atom stereocenters. The van der Waals surface area contributed by atoms with Crippen molar-refractivity contribution in [1.82, 2.24) is 0 Å². The molecule has 0 spiro atoms. The van der Waals surface area contributed by atoms with Crippen molar-refractivity contribution in [3.63, 3.8) is 0 Å². The topological polar surface area (TPSA) is 18.5 Å². The lowest BCUT2D eigenvalue weighted by atomic mass is 10.2. The van der Waals surface area contributed by atoms with Crippen LogP contribution in [0.3, 0.4) is 0 Å². The van der Waals surface area contributed by atoms with Crippen molar-refractivity contribution in [3.05, 3.63) is 30.3 Å². The number of para-hydroxylation sites is 1. The summed E-state index contributed by atoms with van der Waals surface area (Å²) in [5.41, 5.74) is 0. The lowest BCUT2D eigenvalue weighted by molar-refractivity contribution is 0.215. The highest BCUT2D eigenvalue weighted by atomic mass is 28.3. The van der Waals surface area contributed by atoms with Crippen LogP contribution in [0.25, 0.3) is 0 Å². The Hall–Kier alpha value is -0.803. The van der Waals surface area contributed by atoms with Gasteiger partial charge in [0, 0.05) is 0 Å². The van der Waals surface area contributed by atoms with Crippen molar-refractivity contribution in [3.8, 4) is 5.75 Å². The summed E-state index contributed by atoms with van der Waals surface area (Å²) in [5.74, 6) is 0.945. The van der Waals surface area contributed by atoms with E-state index in [0.717, 1.165) is 12.4 Å². The monoisotopic (exact) mass is 336 g/mol. The zero-order valence-corrected chi connectivity index (χ0v) is 16.4. The van der Waals surface area contributed by atoms with Gasteiger partial charge in [-0.05, 0) is 24.2 Å².